The lowest BCUT2D eigenvalue weighted by molar-refractivity contribution is 0.519. The van der Waals surface area contributed by atoms with Gasteiger partial charge in [-0.25, -0.2) is 0 Å². The first kappa shape index (κ1) is 6.15. The van der Waals surface area contributed by atoms with E-state index in [-0.39, 0.29) is 5.96 Å². The summed E-state index contributed by atoms with van der Waals surface area (Å²) in [6.45, 7) is 0. The number of hydrazine groups is 3. The second-order valence-electron chi connectivity index (χ2n) is 0.808. The van der Waals surface area contributed by atoms with Gasteiger partial charge < -0.3 is 5.73 Å². The Bertz CT molecular complexity index is 57.2. The van der Waals surface area contributed by atoms with E-state index >= 15 is 0 Å². The number of hydrogen-bond acceptors (Lipinski definition) is 4. The molecule has 0 amide bonds. The van der Waals surface area contributed by atoms with Crippen molar-refractivity contribution < 1.29 is 0 Å². The van der Waals surface area contributed by atoms with Gasteiger partial charge in [-0.1, -0.05) is 0 Å². The molecule has 0 rings (SSSR count). The Hall–Kier alpha value is -0.850. The average molecular weight is 104 g/mol. The summed E-state index contributed by atoms with van der Waals surface area (Å²) in [6, 6.07) is 0. The average Bonchev–Trinajstić information content (AvgIpc) is 1.61. The molecule has 0 spiro atoms. The number of nitrogens with one attached hydrogen (secondary N) is 4. The Balaban J connectivity index is 2.82. The fourth-order valence-corrected chi connectivity index (χ4v) is 0.103. The van der Waals surface area contributed by atoms with Crippen LogP contribution in [0.1, 0.15) is 0 Å². The molecule has 0 fully saturated rings. The summed E-state index contributed by atoms with van der Waals surface area (Å²) in [7, 11) is 0. The lowest BCUT2D eigenvalue weighted by Crippen LogP contribution is -2.51. The van der Waals surface area contributed by atoms with E-state index in [1.807, 2.05) is 5.53 Å². The van der Waals surface area contributed by atoms with Gasteiger partial charge in [0, 0.05) is 0 Å². The zero-order valence-corrected chi connectivity index (χ0v) is 3.65. The molecule has 0 unspecified atom stereocenters. The molecule has 0 saturated heterocycles. The van der Waals surface area contributed by atoms with Crippen LogP contribution in [0.3, 0.4) is 0 Å². The minimum absolute atomic E-state index is 0.196. The molecule has 0 aromatic carbocycles. The van der Waals surface area contributed by atoms with Crippen LogP contribution in [0.2, 0.25) is 0 Å². The molecule has 0 atom stereocenters. The Morgan fingerprint density at radius 3 is 2.29 bits per heavy atom. The lowest BCUT2D eigenvalue weighted by Gasteiger charge is -2.00. The predicted octanol–water partition coefficient (Wildman–Crippen LogP) is -2.65. The van der Waals surface area contributed by atoms with Gasteiger partial charge in [-0.3, -0.25) is 16.7 Å². The van der Waals surface area contributed by atoms with Crippen molar-refractivity contribution in [3.05, 3.63) is 0 Å². The molecule has 0 radical (unpaired) electrons. The van der Waals surface area contributed by atoms with Gasteiger partial charge >= 0.3 is 0 Å². The van der Waals surface area contributed by atoms with E-state index in [0.29, 0.717) is 0 Å². The molecule has 0 aromatic rings. The minimum atomic E-state index is -0.196. The smallest absolute Gasteiger partial charge is 0.201 e. The molecule has 6 nitrogen and oxygen atoms in total. The summed E-state index contributed by atoms with van der Waals surface area (Å²) >= 11 is 0. The third-order valence-corrected chi connectivity index (χ3v) is 0.269. The summed E-state index contributed by atoms with van der Waals surface area (Å²) in [5.41, 5.74) is 11.2. The number of nitrogens with two attached hydrogens (primary N) is 2. The number of rotatable bonds is 2. The van der Waals surface area contributed by atoms with Gasteiger partial charge in [-0.05, 0) is 0 Å². The van der Waals surface area contributed by atoms with Crippen LogP contribution in [0.5, 0.6) is 0 Å². The SMILES string of the molecule is N=C(N)NNNN. The lowest BCUT2D eigenvalue weighted by atomic mass is 11.1. The quantitative estimate of drug-likeness (QED) is 0.0991. The van der Waals surface area contributed by atoms with Gasteiger partial charge in [0.1, 0.15) is 0 Å². The Labute approximate surface area is 40.7 Å². The summed E-state index contributed by atoms with van der Waals surface area (Å²) in [5.74, 6) is 4.50. The molecule has 0 aliphatic heterocycles. The van der Waals surface area contributed by atoms with Crippen LogP contribution >= 0.6 is 0 Å². The molecule has 0 bridgehead atoms. The molecule has 0 heterocycles. The van der Waals surface area contributed by atoms with Gasteiger partial charge in [0.25, 0.3) is 0 Å². The molecular formula is CH8N6. The minimum Gasteiger partial charge on any atom is -0.369 e. The first-order valence-electron chi connectivity index (χ1n) is 1.58. The molecule has 8 N–H and O–H groups in total. The van der Waals surface area contributed by atoms with E-state index in [0.717, 1.165) is 0 Å². The summed E-state index contributed by atoms with van der Waals surface area (Å²) in [6.07, 6.45) is 0. The predicted molar refractivity (Wildman–Crippen MR) is 25.5 cm³/mol. The van der Waals surface area contributed by atoms with E-state index in [9.17, 15) is 0 Å². The maximum absolute atomic E-state index is 6.51. The zero-order valence-electron chi connectivity index (χ0n) is 3.65. The van der Waals surface area contributed by atoms with Gasteiger partial charge in [0.15, 0.2) is 0 Å². The van der Waals surface area contributed by atoms with Crippen LogP contribution in [-0.2, 0) is 0 Å². The monoisotopic (exact) mass is 104 g/mol. The third kappa shape index (κ3) is 5.15. The molecular weight excluding hydrogens is 96.1 g/mol. The topological polar surface area (TPSA) is 112 Å². The van der Waals surface area contributed by atoms with Crippen molar-refractivity contribution in [1.29, 1.82) is 5.41 Å². The van der Waals surface area contributed by atoms with E-state index in [2.05, 4.69) is 11.0 Å². The fraction of sp³-hybridized carbons (Fsp3) is 0. The first-order chi connectivity index (χ1) is 3.27. The highest BCUT2D eigenvalue weighted by Gasteiger charge is 1.75. The van der Waals surface area contributed by atoms with Crippen molar-refractivity contribution in [2.24, 2.45) is 11.6 Å². The van der Waals surface area contributed by atoms with Crippen LogP contribution in [0.4, 0.5) is 0 Å². The molecule has 7 heavy (non-hydrogen) atoms. The van der Waals surface area contributed by atoms with Crippen LogP contribution in [0, 0.1) is 5.41 Å². The van der Waals surface area contributed by atoms with Gasteiger partial charge in [-0.2, -0.15) is 11.1 Å². The highest BCUT2D eigenvalue weighted by atomic mass is 15.7. The van der Waals surface area contributed by atoms with Crippen LogP contribution in [-0.4, -0.2) is 5.96 Å². The summed E-state index contributed by atoms with van der Waals surface area (Å²) in [5, 5.41) is 6.51. The van der Waals surface area contributed by atoms with Gasteiger partial charge in [0.2, 0.25) is 5.96 Å². The van der Waals surface area contributed by atoms with Crippen molar-refractivity contribution in [1.82, 2.24) is 16.5 Å². The van der Waals surface area contributed by atoms with Crippen molar-refractivity contribution >= 4 is 5.96 Å². The van der Waals surface area contributed by atoms with Gasteiger partial charge in [0.05, 0.1) is 0 Å². The summed E-state index contributed by atoms with van der Waals surface area (Å²) in [4.78, 5) is 0. The maximum atomic E-state index is 6.51. The van der Waals surface area contributed by atoms with E-state index in [4.69, 9.17) is 17.0 Å². The largest absolute Gasteiger partial charge is 0.369 e. The van der Waals surface area contributed by atoms with Crippen LogP contribution < -0.4 is 28.1 Å². The molecule has 0 aliphatic rings. The number of hydrogen-bond donors (Lipinski definition) is 6. The highest BCUT2D eigenvalue weighted by Crippen LogP contribution is 1.32. The Morgan fingerprint density at radius 1 is 1.57 bits per heavy atom. The van der Waals surface area contributed by atoms with Crippen molar-refractivity contribution in [3.8, 4) is 0 Å². The molecule has 0 saturated carbocycles. The van der Waals surface area contributed by atoms with Crippen molar-refractivity contribution in [3.63, 3.8) is 0 Å². The third-order valence-electron chi connectivity index (χ3n) is 0.269. The van der Waals surface area contributed by atoms with Crippen molar-refractivity contribution in [2.45, 2.75) is 0 Å². The van der Waals surface area contributed by atoms with E-state index < -0.39 is 0 Å². The van der Waals surface area contributed by atoms with Crippen LogP contribution in [0.25, 0.3) is 0 Å². The zero-order chi connectivity index (χ0) is 5.70. The Morgan fingerprint density at radius 2 is 2.14 bits per heavy atom. The van der Waals surface area contributed by atoms with Crippen LogP contribution in [0.15, 0.2) is 0 Å². The first-order valence-corrected chi connectivity index (χ1v) is 1.58. The number of guanidine groups is 1. The second kappa shape index (κ2) is 3.34. The Kier molecular flexibility index (Phi) is 2.94. The molecule has 6 heteroatoms. The highest BCUT2D eigenvalue weighted by molar-refractivity contribution is 5.73. The molecule has 42 valence electrons. The molecule has 0 aliphatic carbocycles. The van der Waals surface area contributed by atoms with Gasteiger partial charge in [-0.15, -0.1) is 0 Å². The standard InChI is InChI=1S/CH8N6/c2-1(3)5-7-6-4/h6-7H,4H2,(H4,2,3,5). The van der Waals surface area contributed by atoms with Crippen molar-refractivity contribution in [2.75, 3.05) is 0 Å². The molecule has 0 aromatic heterocycles. The fourth-order valence-electron chi connectivity index (χ4n) is 0.103. The van der Waals surface area contributed by atoms with E-state index in [1.165, 1.54) is 0 Å². The second-order valence-corrected chi connectivity index (χ2v) is 0.808. The normalized spacial score (nSPS) is 8.14. The maximum Gasteiger partial charge on any atom is 0.201 e. The summed E-state index contributed by atoms with van der Waals surface area (Å²) < 4.78 is 0. The van der Waals surface area contributed by atoms with E-state index in [1.54, 1.807) is 0 Å².